The highest BCUT2D eigenvalue weighted by molar-refractivity contribution is 5.72. The highest BCUT2D eigenvalue weighted by Gasteiger charge is 2.15. The summed E-state index contributed by atoms with van der Waals surface area (Å²) in [6.07, 6.45) is 12.5. The largest absolute Gasteiger partial charge is 0.469 e. The van der Waals surface area contributed by atoms with Gasteiger partial charge in [-0.25, -0.2) is 0 Å². The Morgan fingerprint density at radius 3 is 1.79 bits per heavy atom. The summed E-state index contributed by atoms with van der Waals surface area (Å²) >= 11 is 0. The van der Waals surface area contributed by atoms with Crippen molar-refractivity contribution in [2.45, 2.75) is 85.0 Å². The van der Waals surface area contributed by atoms with E-state index in [0.29, 0.717) is 0 Å². The van der Waals surface area contributed by atoms with Gasteiger partial charge in [-0.05, 0) is 18.8 Å². The van der Waals surface area contributed by atoms with Crippen LogP contribution in [0.1, 0.15) is 85.0 Å². The van der Waals surface area contributed by atoms with Gasteiger partial charge in [0.1, 0.15) is 0 Å². The third-order valence-electron chi connectivity index (χ3n) is 3.86. The van der Waals surface area contributed by atoms with Gasteiger partial charge in [0.25, 0.3) is 0 Å². The van der Waals surface area contributed by atoms with Crippen LogP contribution in [0.4, 0.5) is 0 Å². The van der Waals surface area contributed by atoms with Crippen molar-refractivity contribution in [2.75, 3.05) is 7.11 Å². The van der Waals surface area contributed by atoms with Gasteiger partial charge in [-0.1, -0.05) is 72.1 Å². The van der Waals surface area contributed by atoms with Crippen LogP contribution in [0.3, 0.4) is 0 Å². The van der Waals surface area contributed by atoms with E-state index in [0.717, 1.165) is 18.8 Å². The minimum atomic E-state index is -0.0313. The predicted molar refractivity (Wildman–Crippen MR) is 82.2 cm³/mol. The summed E-state index contributed by atoms with van der Waals surface area (Å²) in [5.41, 5.74) is 0. The average molecular weight is 270 g/mol. The van der Waals surface area contributed by atoms with Crippen LogP contribution in [0.15, 0.2) is 0 Å². The molecular formula is C17H34O2. The molecule has 0 aliphatic rings. The first-order valence-electron chi connectivity index (χ1n) is 8.19. The van der Waals surface area contributed by atoms with E-state index < -0.39 is 0 Å². The van der Waals surface area contributed by atoms with Crippen LogP contribution in [0.5, 0.6) is 0 Å². The van der Waals surface area contributed by atoms with Crippen molar-refractivity contribution in [3.8, 4) is 0 Å². The van der Waals surface area contributed by atoms with Crippen LogP contribution in [0, 0.1) is 11.8 Å². The van der Waals surface area contributed by atoms with Crippen molar-refractivity contribution in [2.24, 2.45) is 11.8 Å². The predicted octanol–water partition coefficient (Wildman–Crippen LogP) is 5.35. The molecule has 0 rings (SSSR count). The van der Waals surface area contributed by atoms with Crippen LogP contribution in [-0.2, 0) is 9.53 Å². The lowest BCUT2D eigenvalue weighted by Crippen LogP contribution is -2.15. The van der Waals surface area contributed by atoms with E-state index in [1.54, 1.807) is 0 Å². The normalized spacial score (nSPS) is 12.7. The zero-order valence-electron chi connectivity index (χ0n) is 13.5. The highest BCUT2D eigenvalue weighted by atomic mass is 16.5. The van der Waals surface area contributed by atoms with E-state index in [-0.39, 0.29) is 11.9 Å². The Kier molecular flexibility index (Phi) is 12.2. The molecule has 1 unspecified atom stereocenters. The minimum absolute atomic E-state index is 0.0313. The van der Waals surface area contributed by atoms with Crippen LogP contribution in [-0.4, -0.2) is 13.1 Å². The molecule has 0 aliphatic heterocycles. The number of carbonyl (C=O) groups is 1. The standard InChI is InChI=1S/C17H34O2/c1-5-16(17(18)19-4)14-12-10-8-6-7-9-11-13-15(2)3/h15-16H,5-14H2,1-4H3. The molecule has 0 bridgehead atoms. The Balaban J connectivity index is 3.32. The van der Waals surface area contributed by atoms with Crippen molar-refractivity contribution < 1.29 is 9.53 Å². The van der Waals surface area contributed by atoms with Gasteiger partial charge in [-0.2, -0.15) is 0 Å². The average Bonchev–Trinajstić information content (AvgIpc) is 2.40. The van der Waals surface area contributed by atoms with Crippen LogP contribution in [0.25, 0.3) is 0 Å². The van der Waals surface area contributed by atoms with Crippen LogP contribution in [0.2, 0.25) is 0 Å². The molecular weight excluding hydrogens is 236 g/mol. The molecule has 0 spiro atoms. The Hall–Kier alpha value is -0.530. The lowest BCUT2D eigenvalue weighted by Gasteiger charge is -2.11. The van der Waals surface area contributed by atoms with Crippen molar-refractivity contribution in [3.05, 3.63) is 0 Å². The van der Waals surface area contributed by atoms with E-state index in [1.807, 2.05) is 0 Å². The summed E-state index contributed by atoms with van der Waals surface area (Å²) in [6, 6.07) is 0. The smallest absolute Gasteiger partial charge is 0.308 e. The Morgan fingerprint density at radius 1 is 0.895 bits per heavy atom. The molecule has 0 aromatic carbocycles. The summed E-state index contributed by atoms with van der Waals surface area (Å²) in [4.78, 5) is 11.4. The maximum absolute atomic E-state index is 11.4. The number of methoxy groups -OCH3 is 1. The molecule has 0 aliphatic carbocycles. The number of ether oxygens (including phenoxy) is 1. The number of rotatable bonds is 12. The Morgan fingerprint density at radius 2 is 1.37 bits per heavy atom. The molecule has 19 heavy (non-hydrogen) atoms. The molecule has 0 aromatic rings. The number of esters is 1. The maximum atomic E-state index is 11.4. The third-order valence-corrected chi connectivity index (χ3v) is 3.86. The van der Waals surface area contributed by atoms with Crippen molar-refractivity contribution in [1.82, 2.24) is 0 Å². The Labute approximate surface area is 120 Å². The Bertz CT molecular complexity index is 211. The molecule has 0 amide bonds. The van der Waals surface area contributed by atoms with E-state index in [2.05, 4.69) is 20.8 Å². The van der Waals surface area contributed by atoms with Crippen LogP contribution >= 0.6 is 0 Å². The third kappa shape index (κ3) is 11.0. The van der Waals surface area contributed by atoms with Gasteiger partial charge in [0.05, 0.1) is 13.0 Å². The number of unbranched alkanes of at least 4 members (excludes halogenated alkanes) is 6. The second-order valence-corrected chi connectivity index (χ2v) is 6.07. The minimum Gasteiger partial charge on any atom is -0.469 e. The van der Waals surface area contributed by atoms with Crippen molar-refractivity contribution in [1.29, 1.82) is 0 Å². The molecule has 0 aromatic heterocycles. The van der Waals surface area contributed by atoms with Crippen LogP contribution < -0.4 is 0 Å². The zero-order chi connectivity index (χ0) is 14.5. The van der Waals surface area contributed by atoms with Gasteiger partial charge in [0, 0.05) is 0 Å². The molecule has 0 heterocycles. The van der Waals surface area contributed by atoms with E-state index in [1.165, 1.54) is 58.5 Å². The van der Waals surface area contributed by atoms with Gasteiger partial charge in [-0.3, -0.25) is 4.79 Å². The van der Waals surface area contributed by atoms with Gasteiger partial charge in [0.2, 0.25) is 0 Å². The number of hydrogen-bond acceptors (Lipinski definition) is 2. The quantitative estimate of drug-likeness (QED) is 0.353. The first-order chi connectivity index (χ1) is 9.11. The first-order valence-corrected chi connectivity index (χ1v) is 8.19. The molecule has 1 atom stereocenters. The molecule has 0 saturated carbocycles. The topological polar surface area (TPSA) is 26.3 Å². The maximum Gasteiger partial charge on any atom is 0.308 e. The fraction of sp³-hybridized carbons (Fsp3) is 0.941. The van der Waals surface area contributed by atoms with Crippen molar-refractivity contribution in [3.63, 3.8) is 0 Å². The van der Waals surface area contributed by atoms with E-state index >= 15 is 0 Å². The van der Waals surface area contributed by atoms with E-state index in [4.69, 9.17) is 4.74 Å². The SMILES string of the molecule is CCC(CCCCCCCCCC(C)C)C(=O)OC. The van der Waals surface area contributed by atoms with Crippen molar-refractivity contribution >= 4 is 5.97 Å². The second-order valence-electron chi connectivity index (χ2n) is 6.07. The summed E-state index contributed by atoms with van der Waals surface area (Å²) < 4.78 is 4.81. The summed E-state index contributed by atoms with van der Waals surface area (Å²) in [5, 5.41) is 0. The summed E-state index contributed by atoms with van der Waals surface area (Å²) in [5.74, 6) is 0.941. The number of carbonyl (C=O) groups excluding carboxylic acids is 1. The molecule has 0 N–H and O–H groups in total. The molecule has 2 nitrogen and oxygen atoms in total. The molecule has 0 radical (unpaired) electrons. The zero-order valence-corrected chi connectivity index (χ0v) is 13.5. The molecule has 0 saturated heterocycles. The fourth-order valence-electron chi connectivity index (χ4n) is 2.48. The number of hydrogen-bond donors (Lipinski definition) is 0. The summed E-state index contributed by atoms with van der Waals surface area (Å²) in [7, 11) is 1.49. The van der Waals surface area contributed by atoms with Gasteiger partial charge in [0.15, 0.2) is 0 Å². The van der Waals surface area contributed by atoms with Gasteiger partial charge >= 0.3 is 5.97 Å². The molecule has 2 heteroatoms. The lowest BCUT2D eigenvalue weighted by molar-refractivity contribution is -0.145. The summed E-state index contributed by atoms with van der Waals surface area (Å²) in [6.45, 7) is 6.66. The lowest BCUT2D eigenvalue weighted by atomic mass is 9.97. The molecule has 114 valence electrons. The first kappa shape index (κ1) is 18.5. The second kappa shape index (κ2) is 12.5. The van der Waals surface area contributed by atoms with Gasteiger partial charge < -0.3 is 4.74 Å². The fourth-order valence-corrected chi connectivity index (χ4v) is 2.48. The van der Waals surface area contributed by atoms with Gasteiger partial charge in [-0.15, -0.1) is 0 Å². The molecule has 0 fully saturated rings. The highest BCUT2D eigenvalue weighted by Crippen LogP contribution is 2.17. The van der Waals surface area contributed by atoms with E-state index in [9.17, 15) is 4.79 Å². The monoisotopic (exact) mass is 270 g/mol.